The van der Waals surface area contributed by atoms with Crippen molar-refractivity contribution in [2.45, 2.75) is 0 Å². The Morgan fingerprint density at radius 2 is 1.74 bits per heavy atom. The van der Waals surface area contributed by atoms with Crippen LogP contribution in [0.25, 0.3) is 0 Å². The molecule has 5 heteroatoms. The molecule has 1 N–H and O–H groups in total. The molecular formula is C14H10Br2N2O. The minimum absolute atomic E-state index is 0.240. The lowest BCUT2D eigenvalue weighted by atomic mass is 10.2. The maximum absolute atomic E-state index is 11.8. The molecule has 19 heavy (non-hydrogen) atoms. The minimum atomic E-state index is -0.240. The van der Waals surface area contributed by atoms with Crippen molar-refractivity contribution in [3.05, 3.63) is 68.6 Å². The first-order valence-corrected chi connectivity index (χ1v) is 7.09. The molecule has 0 aliphatic carbocycles. The first-order chi connectivity index (χ1) is 9.16. The lowest BCUT2D eigenvalue weighted by molar-refractivity contribution is 0.0955. The quantitative estimate of drug-likeness (QED) is 0.634. The molecule has 0 aliphatic rings. The summed E-state index contributed by atoms with van der Waals surface area (Å²) in [7, 11) is 0. The Morgan fingerprint density at radius 1 is 1.05 bits per heavy atom. The van der Waals surface area contributed by atoms with Gasteiger partial charge in [0.1, 0.15) is 0 Å². The van der Waals surface area contributed by atoms with E-state index in [1.54, 1.807) is 18.3 Å². The van der Waals surface area contributed by atoms with Gasteiger partial charge >= 0.3 is 0 Å². The van der Waals surface area contributed by atoms with Crippen molar-refractivity contribution in [2.75, 3.05) is 0 Å². The van der Waals surface area contributed by atoms with Gasteiger partial charge in [-0.2, -0.15) is 5.10 Å². The summed E-state index contributed by atoms with van der Waals surface area (Å²) in [6, 6.07) is 14.7. The van der Waals surface area contributed by atoms with Crippen LogP contribution in [0.15, 0.2) is 62.6 Å². The molecule has 0 aliphatic heterocycles. The third-order valence-electron chi connectivity index (χ3n) is 2.38. The normalized spacial score (nSPS) is 10.6. The zero-order chi connectivity index (χ0) is 13.7. The number of hydrogen-bond donors (Lipinski definition) is 1. The van der Waals surface area contributed by atoms with Crippen molar-refractivity contribution < 1.29 is 4.79 Å². The number of carbonyl (C=O) groups is 1. The highest BCUT2D eigenvalue weighted by Gasteiger charge is 2.03. The van der Waals surface area contributed by atoms with Gasteiger partial charge in [0, 0.05) is 20.1 Å². The molecule has 0 spiro atoms. The molecule has 2 aromatic carbocycles. The summed E-state index contributed by atoms with van der Waals surface area (Å²) < 4.78 is 1.86. The minimum Gasteiger partial charge on any atom is -0.267 e. The molecule has 0 aromatic heterocycles. The number of hydrazone groups is 1. The van der Waals surface area contributed by atoms with Crippen LogP contribution in [0.5, 0.6) is 0 Å². The summed E-state index contributed by atoms with van der Waals surface area (Å²) in [5.41, 5.74) is 3.95. The zero-order valence-corrected chi connectivity index (χ0v) is 13.0. The summed E-state index contributed by atoms with van der Waals surface area (Å²) in [6.07, 6.45) is 1.60. The molecular weight excluding hydrogens is 372 g/mol. The highest BCUT2D eigenvalue weighted by Crippen LogP contribution is 2.13. The Hall–Kier alpha value is -1.46. The average Bonchev–Trinajstić information content (AvgIpc) is 2.41. The molecule has 0 bridgehead atoms. The van der Waals surface area contributed by atoms with Crippen molar-refractivity contribution in [1.82, 2.24) is 5.43 Å². The van der Waals surface area contributed by atoms with Gasteiger partial charge in [-0.05, 0) is 30.3 Å². The fraction of sp³-hybridized carbons (Fsp3) is 0. The van der Waals surface area contributed by atoms with Gasteiger partial charge < -0.3 is 0 Å². The molecule has 0 saturated heterocycles. The van der Waals surface area contributed by atoms with E-state index in [2.05, 4.69) is 42.4 Å². The molecule has 3 nitrogen and oxygen atoms in total. The zero-order valence-electron chi connectivity index (χ0n) is 9.81. The molecule has 2 rings (SSSR count). The van der Waals surface area contributed by atoms with Crippen LogP contribution in [-0.4, -0.2) is 12.1 Å². The van der Waals surface area contributed by atoms with Crippen molar-refractivity contribution in [3.8, 4) is 0 Å². The number of halogens is 2. The van der Waals surface area contributed by atoms with Crippen LogP contribution < -0.4 is 5.43 Å². The third-order valence-corrected chi connectivity index (χ3v) is 3.63. The molecule has 0 atom stereocenters. The largest absolute Gasteiger partial charge is 0.271 e. The molecule has 96 valence electrons. The molecule has 2 aromatic rings. The van der Waals surface area contributed by atoms with Crippen LogP contribution in [0.4, 0.5) is 0 Å². The van der Waals surface area contributed by atoms with E-state index in [9.17, 15) is 4.79 Å². The van der Waals surface area contributed by atoms with Gasteiger partial charge in [0.2, 0.25) is 0 Å². The van der Waals surface area contributed by atoms with Crippen LogP contribution in [0.1, 0.15) is 15.9 Å². The van der Waals surface area contributed by atoms with E-state index in [4.69, 9.17) is 0 Å². The second-order valence-corrected chi connectivity index (χ2v) is 5.50. The van der Waals surface area contributed by atoms with Gasteiger partial charge in [0.05, 0.1) is 6.21 Å². The number of amides is 1. The van der Waals surface area contributed by atoms with Crippen LogP contribution in [-0.2, 0) is 0 Å². The molecule has 1 amide bonds. The van der Waals surface area contributed by atoms with Gasteiger partial charge in [-0.1, -0.05) is 50.1 Å². The molecule has 0 radical (unpaired) electrons. The highest BCUT2D eigenvalue weighted by molar-refractivity contribution is 9.10. The second-order valence-electron chi connectivity index (χ2n) is 3.73. The summed E-state index contributed by atoms with van der Waals surface area (Å²) >= 11 is 6.73. The van der Waals surface area contributed by atoms with E-state index in [1.807, 2.05) is 36.4 Å². The SMILES string of the molecule is O=C(N/N=C/c1ccccc1Br)c1ccc(Br)cc1. The number of benzene rings is 2. The van der Waals surface area contributed by atoms with E-state index in [0.29, 0.717) is 5.56 Å². The predicted octanol–water partition coefficient (Wildman–Crippen LogP) is 3.98. The summed E-state index contributed by atoms with van der Waals surface area (Å²) in [5, 5.41) is 3.93. The van der Waals surface area contributed by atoms with E-state index < -0.39 is 0 Å². The Kier molecular flexibility index (Phi) is 4.87. The topological polar surface area (TPSA) is 41.5 Å². The smallest absolute Gasteiger partial charge is 0.267 e. The van der Waals surface area contributed by atoms with E-state index >= 15 is 0 Å². The van der Waals surface area contributed by atoms with Gasteiger partial charge in [0.15, 0.2) is 0 Å². The van der Waals surface area contributed by atoms with Gasteiger partial charge in [0.25, 0.3) is 5.91 Å². The van der Waals surface area contributed by atoms with Crippen LogP contribution >= 0.6 is 31.9 Å². The monoisotopic (exact) mass is 380 g/mol. The van der Waals surface area contributed by atoms with Gasteiger partial charge in [-0.3, -0.25) is 4.79 Å². The number of nitrogens with one attached hydrogen (secondary N) is 1. The Morgan fingerprint density at radius 3 is 2.42 bits per heavy atom. The fourth-order valence-electron chi connectivity index (χ4n) is 1.41. The Balaban J connectivity index is 2.01. The number of hydrogen-bond acceptors (Lipinski definition) is 2. The second kappa shape index (κ2) is 6.63. The average molecular weight is 382 g/mol. The van der Waals surface area contributed by atoms with Crippen LogP contribution in [0.3, 0.4) is 0 Å². The molecule has 0 saturated carbocycles. The first-order valence-electron chi connectivity index (χ1n) is 5.50. The lowest BCUT2D eigenvalue weighted by Crippen LogP contribution is -2.17. The van der Waals surface area contributed by atoms with Crippen molar-refractivity contribution in [1.29, 1.82) is 0 Å². The molecule has 0 unspecified atom stereocenters. The molecule has 0 heterocycles. The van der Waals surface area contributed by atoms with Crippen LogP contribution in [0, 0.1) is 0 Å². The maximum atomic E-state index is 11.8. The van der Waals surface area contributed by atoms with Gasteiger partial charge in [-0.15, -0.1) is 0 Å². The van der Waals surface area contributed by atoms with E-state index in [0.717, 1.165) is 14.5 Å². The maximum Gasteiger partial charge on any atom is 0.271 e. The molecule has 0 fully saturated rings. The van der Waals surface area contributed by atoms with E-state index in [-0.39, 0.29) is 5.91 Å². The Bertz CT molecular complexity index is 609. The predicted molar refractivity (Wildman–Crippen MR) is 83.3 cm³/mol. The lowest BCUT2D eigenvalue weighted by Gasteiger charge is -2.00. The van der Waals surface area contributed by atoms with Crippen molar-refractivity contribution in [3.63, 3.8) is 0 Å². The van der Waals surface area contributed by atoms with Gasteiger partial charge in [-0.25, -0.2) is 5.43 Å². The third kappa shape index (κ3) is 4.01. The summed E-state index contributed by atoms with van der Waals surface area (Å²) in [5.74, 6) is -0.240. The Labute approximate surface area is 128 Å². The number of nitrogens with zero attached hydrogens (tertiary/aromatic N) is 1. The number of carbonyl (C=O) groups excluding carboxylic acids is 1. The number of rotatable bonds is 3. The van der Waals surface area contributed by atoms with E-state index in [1.165, 1.54) is 0 Å². The van der Waals surface area contributed by atoms with Crippen LogP contribution in [0.2, 0.25) is 0 Å². The summed E-state index contributed by atoms with van der Waals surface area (Å²) in [4.78, 5) is 11.8. The van der Waals surface area contributed by atoms with Crippen molar-refractivity contribution in [2.24, 2.45) is 5.10 Å². The first kappa shape index (κ1) is 14.0. The fourth-order valence-corrected chi connectivity index (χ4v) is 2.06. The van der Waals surface area contributed by atoms with Crippen molar-refractivity contribution >= 4 is 44.0 Å². The summed E-state index contributed by atoms with van der Waals surface area (Å²) in [6.45, 7) is 0. The highest BCUT2D eigenvalue weighted by atomic mass is 79.9. The standard InChI is InChI=1S/C14H10Br2N2O/c15-12-7-5-10(6-8-12)14(19)18-17-9-11-3-1-2-4-13(11)16/h1-9H,(H,18,19)/b17-9+.